The Balaban J connectivity index is 1.81. The largest absolute Gasteiger partial charge is 0.363 e. The molecular formula is C24H38N4O5. The van der Waals surface area contributed by atoms with Crippen molar-refractivity contribution in [2.75, 3.05) is 6.54 Å². The standard InChI is InChI=1S/C24H38N4O5/c1-11(2)17(27-21(31)12(3)4)23(33)28-10-14-16(24(14,5)6)18(28)22(32)26-15(9-13-7-8-13)19(29)20(25)30/h11-18H,7-10H2,1-6H3,(H2,25,30)(H,26,32)(H,27,31)/t14-,15?,16?,17-,18-/m0/s1. The highest BCUT2D eigenvalue weighted by Crippen LogP contribution is 2.65. The number of ketones is 1. The van der Waals surface area contributed by atoms with Crippen LogP contribution in [0, 0.1) is 35.0 Å². The third kappa shape index (κ3) is 5.06. The summed E-state index contributed by atoms with van der Waals surface area (Å²) in [4.78, 5) is 64.8. The molecule has 9 nitrogen and oxygen atoms in total. The van der Waals surface area contributed by atoms with Gasteiger partial charge in [-0.25, -0.2) is 0 Å². The average Bonchev–Trinajstić information content (AvgIpc) is 3.57. The molecule has 2 unspecified atom stereocenters. The number of fused-ring (bicyclic) bond motifs is 1. The third-order valence-corrected chi connectivity index (χ3v) is 7.66. The minimum absolute atomic E-state index is 0.0414. The zero-order valence-corrected chi connectivity index (χ0v) is 20.5. The minimum Gasteiger partial charge on any atom is -0.363 e. The molecule has 0 aromatic heterocycles. The molecule has 0 aromatic carbocycles. The van der Waals surface area contributed by atoms with Gasteiger partial charge in [0.2, 0.25) is 23.5 Å². The maximum atomic E-state index is 13.5. The van der Waals surface area contributed by atoms with E-state index in [1.807, 2.05) is 13.8 Å². The van der Waals surface area contributed by atoms with Crippen LogP contribution >= 0.6 is 0 Å². The first-order valence-corrected chi connectivity index (χ1v) is 12.0. The fourth-order valence-corrected chi connectivity index (χ4v) is 5.17. The number of hydrogen-bond donors (Lipinski definition) is 3. The van der Waals surface area contributed by atoms with Crippen molar-refractivity contribution in [3.63, 3.8) is 0 Å². The smallest absolute Gasteiger partial charge is 0.287 e. The normalized spacial score (nSPS) is 27.0. The summed E-state index contributed by atoms with van der Waals surface area (Å²) in [6.07, 6.45) is 2.29. The van der Waals surface area contributed by atoms with Gasteiger partial charge in [0, 0.05) is 12.5 Å². The predicted octanol–water partition coefficient (Wildman–Crippen LogP) is 0.606. The van der Waals surface area contributed by atoms with E-state index in [1.165, 1.54) is 0 Å². The van der Waals surface area contributed by atoms with Crippen LogP contribution in [0.25, 0.3) is 0 Å². The van der Waals surface area contributed by atoms with Crippen molar-refractivity contribution in [1.29, 1.82) is 0 Å². The molecule has 3 fully saturated rings. The summed E-state index contributed by atoms with van der Waals surface area (Å²) in [7, 11) is 0. The second kappa shape index (κ2) is 9.06. The van der Waals surface area contributed by atoms with Crippen molar-refractivity contribution in [2.24, 2.45) is 40.7 Å². The van der Waals surface area contributed by atoms with E-state index in [0.717, 1.165) is 12.8 Å². The molecule has 33 heavy (non-hydrogen) atoms. The number of nitrogens with zero attached hydrogens (tertiary/aromatic N) is 1. The lowest BCUT2D eigenvalue weighted by atomic mass is 9.96. The quantitative estimate of drug-likeness (QED) is 0.408. The monoisotopic (exact) mass is 462 g/mol. The Bertz CT molecular complexity index is 848. The van der Waals surface area contributed by atoms with E-state index in [-0.39, 0.29) is 40.9 Å². The SMILES string of the molecule is CC(C)C(=O)N[C@H](C(=O)N1C[C@H]2C([C@H]1C(=O)NC(CC1CC1)C(=O)C(N)=O)C2(C)C)C(C)C. The van der Waals surface area contributed by atoms with Crippen molar-refractivity contribution in [3.8, 4) is 0 Å². The molecule has 2 saturated carbocycles. The van der Waals surface area contributed by atoms with Crippen LogP contribution in [0.2, 0.25) is 0 Å². The van der Waals surface area contributed by atoms with E-state index < -0.39 is 35.7 Å². The minimum atomic E-state index is -1.07. The maximum Gasteiger partial charge on any atom is 0.287 e. The van der Waals surface area contributed by atoms with Crippen molar-refractivity contribution < 1.29 is 24.0 Å². The Morgan fingerprint density at radius 3 is 2.12 bits per heavy atom. The number of Topliss-reactive ketones (excluding diaryl/α,β-unsaturated/α-hetero) is 1. The number of amides is 4. The van der Waals surface area contributed by atoms with Crippen LogP contribution in [0.4, 0.5) is 0 Å². The predicted molar refractivity (Wildman–Crippen MR) is 121 cm³/mol. The van der Waals surface area contributed by atoms with Gasteiger partial charge in [0.05, 0.1) is 6.04 Å². The first-order valence-electron chi connectivity index (χ1n) is 12.0. The molecule has 4 N–H and O–H groups in total. The summed E-state index contributed by atoms with van der Waals surface area (Å²) < 4.78 is 0. The average molecular weight is 463 g/mol. The first-order chi connectivity index (χ1) is 15.3. The second-order valence-corrected chi connectivity index (χ2v) is 11.2. The Kier molecular flexibility index (Phi) is 6.92. The number of rotatable bonds is 10. The molecule has 1 saturated heterocycles. The highest BCUT2D eigenvalue weighted by Gasteiger charge is 2.69. The van der Waals surface area contributed by atoms with Gasteiger partial charge < -0.3 is 21.3 Å². The van der Waals surface area contributed by atoms with Crippen molar-refractivity contribution >= 4 is 29.4 Å². The molecule has 184 valence electrons. The number of nitrogens with two attached hydrogens (primary N) is 1. The molecular weight excluding hydrogens is 424 g/mol. The van der Waals surface area contributed by atoms with Crippen LogP contribution in [0.1, 0.15) is 60.8 Å². The molecule has 0 spiro atoms. The molecule has 4 amide bonds. The van der Waals surface area contributed by atoms with Crippen LogP contribution in [0.3, 0.4) is 0 Å². The summed E-state index contributed by atoms with van der Waals surface area (Å²) in [6, 6.07) is -2.47. The Morgan fingerprint density at radius 1 is 1.03 bits per heavy atom. The zero-order chi connectivity index (χ0) is 24.8. The van der Waals surface area contributed by atoms with Gasteiger partial charge in [-0.3, -0.25) is 24.0 Å². The van der Waals surface area contributed by atoms with E-state index in [1.54, 1.807) is 18.7 Å². The highest BCUT2D eigenvalue weighted by molar-refractivity contribution is 6.37. The number of piperidine rings is 1. The van der Waals surface area contributed by atoms with Gasteiger partial charge in [-0.1, -0.05) is 54.4 Å². The lowest BCUT2D eigenvalue weighted by Gasteiger charge is -2.35. The zero-order valence-electron chi connectivity index (χ0n) is 20.5. The van der Waals surface area contributed by atoms with E-state index >= 15 is 0 Å². The summed E-state index contributed by atoms with van der Waals surface area (Å²) in [5, 5.41) is 5.58. The van der Waals surface area contributed by atoms with Crippen LogP contribution in [0.5, 0.6) is 0 Å². The lowest BCUT2D eigenvalue weighted by Crippen LogP contribution is -2.59. The summed E-state index contributed by atoms with van der Waals surface area (Å²) in [5.74, 6) is -2.82. The van der Waals surface area contributed by atoms with Gasteiger partial charge in [0.25, 0.3) is 5.91 Å². The molecule has 5 atom stereocenters. The van der Waals surface area contributed by atoms with Gasteiger partial charge in [0.15, 0.2) is 0 Å². The molecule has 0 bridgehead atoms. The van der Waals surface area contributed by atoms with E-state index in [0.29, 0.717) is 18.9 Å². The topological polar surface area (TPSA) is 139 Å². The third-order valence-electron chi connectivity index (χ3n) is 7.66. The van der Waals surface area contributed by atoms with E-state index in [4.69, 9.17) is 5.73 Å². The molecule has 0 radical (unpaired) electrons. The molecule has 3 aliphatic rings. The van der Waals surface area contributed by atoms with Gasteiger partial charge in [0.1, 0.15) is 12.1 Å². The number of carbonyl (C=O) groups excluding carboxylic acids is 5. The molecule has 1 aliphatic heterocycles. The maximum absolute atomic E-state index is 13.5. The summed E-state index contributed by atoms with van der Waals surface area (Å²) in [6.45, 7) is 11.8. The van der Waals surface area contributed by atoms with Crippen molar-refractivity contribution in [2.45, 2.75) is 78.9 Å². The molecule has 1 heterocycles. The molecule has 9 heteroatoms. The van der Waals surface area contributed by atoms with Crippen LogP contribution in [-0.2, 0) is 24.0 Å². The number of nitrogens with one attached hydrogen (secondary N) is 2. The van der Waals surface area contributed by atoms with Crippen molar-refractivity contribution in [3.05, 3.63) is 0 Å². The summed E-state index contributed by atoms with van der Waals surface area (Å²) >= 11 is 0. The lowest BCUT2D eigenvalue weighted by molar-refractivity contribution is -0.145. The summed E-state index contributed by atoms with van der Waals surface area (Å²) in [5.41, 5.74) is 5.11. The molecule has 0 aromatic rings. The fourth-order valence-electron chi connectivity index (χ4n) is 5.17. The molecule has 2 aliphatic carbocycles. The van der Waals surface area contributed by atoms with Crippen molar-refractivity contribution in [1.82, 2.24) is 15.5 Å². The van der Waals surface area contributed by atoms with Gasteiger partial charge in [-0.15, -0.1) is 0 Å². The van der Waals surface area contributed by atoms with Crippen LogP contribution < -0.4 is 16.4 Å². The Labute approximate surface area is 195 Å². The highest BCUT2D eigenvalue weighted by atomic mass is 16.2. The fraction of sp³-hybridized carbons (Fsp3) is 0.792. The van der Waals surface area contributed by atoms with E-state index in [9.17, 15) is 24.0 Å². The van der Waals surface area contributed by atoms with Gasteiger partial charge in [-0.05, 0) is 35.5 Å². The Morgan fingerprint density at radius 2 is 1.64 bits per heavy atom. The number of hydrogen-bond acceptors (Lipinski definition) is 5. The van der Waals surface area contributed by atoms with Crippen LogP contribution in [0.15, 0.2) is 0 Å². The number of primary amides is 1. The second-order valence-electron chi connectivity index (χ2n) is 11.2. The number of carbonyl (C=O) groups is 5. The molecule has 3 rings (SSSR count). The first kappa shape index (κ1) is 25.2. The van der Waals surface area contributed by atoms with Gasteiger partial charge >= 0.3 is 0 Å². The van der Waals surface area contributed by atoms with Gasteiger partial charge in [-0.2, -0.15) is 0 Å². The number of likely N-dealkylation sites (tertiary alicyclic amines) is 1. The Hall–Kier alpha value is -2.45. The van der Waals surface area contributed by atoms with E-state index in [2.05, 4.69) is 24.5 Å². The van der Waals surface area contributed by atoms with Crippen LogP contribution in [-0.4, -0.2) is 59.0 Å².